The van der Waals surface area contributed by atoms with Gasteiger partial charge >= 0.3 is 0 Å². The molecule has 3 aromatic carbocycles. The summed E-state index contributed by atoms with van der Waals surface area (Å²) in [5, 5.41) is 17.4. The number of hydrogen-bond donors (Lipinski definition) is 1. The summed E-state index contributed by atoms with van der Waals surface area (Å²) in [6.45, 7) is 3.41. The highest BCUT2D eigenvalue weighted by atomic mass is 32.2. The average Bonchev–Trinajstić information content (AvgIpc) is 3.44. The Morgan fingerprint density at radius 3 is 2.39 bits per heavy atom. The van der Waals surface area contributed by atoms with E-state index < -0.39 is 15.9 Å². The van der Waals surface area contributed by atoms with Gasteiger partial charge in [0.05, 0.1) is 10.6 Å². The van der Waals surface area contributed by atoms with Crippen LogP contribution in [0, 0.1) is 17.2 Å². The van der Waals surface area contributed by atoms with Crippen molar-refractivity contribution >= 4 is 22.0 Å². The van der Waals surface area contributed by atoms with Crippen LogP contribution in [0.5, 0.6) is 0 Å². The second kappa shape index (κ2) is 12.3. The molecule has 9 heteroatoms. The molecule has 5 rings (SSSR count). The predicted octanol–water partition coefficient (Wildman–Crippen LogP) is 5.18. The van der Waals surface area contributed by atoms with E-state index in [1.807, 2.05) is 66.7 Å². The fourth-order valence-electron chi connectivity index (χ4n) is 4.79. The molecule has 0 spiro atoms. The predicted molar refractivity (Wildman–Crippen MR) is 158 cm³/mol. The van der Waals surface area contributed by atoms with E-state index in [-0.39, 0.29) is 17.0 Å². The Bertz CT molecular complexity index is 1700. The Balaban J connectivity index is 1.51. The van der Waals surface area contributed by atoms with Gasteiger partial charge in [-0.15, -0.1) is 0 Å². The molecule has 0 unspecified atom stereocenters. The van der Waals surface area contributed by atoms with E-state index in [9.17, 15) is 18.5 Å². The molecule has 1 amide bonds. The summed E-state index contributed by atoms with van der Waals surface area (Å²) in [6, 6.07) is 27.6. The minimum absolute atomic E-state index is 0.0824. The molecule has 8 nitrogen and oxygen atoms in total. The summed E-state index contributed by atoms with van der Waals surface area (Å²) >= 11 is 0. The van der Waals surface area contributed by atoms with Gasteiger partial charge in [0.1, 0.15) is 17.3 Å². The fraction of sp³-hybridized carbons (Fsp3) is 0.219. The van der Waals surface area contributed by atoms with Gasteiger partial charge in [0.15, 0.2) is 0 Å². The average molecular weight is 566 g/mol. The maximum absolute atomic E-state index is 13.5. The van der Waals surface area contributed by atoms with Crippen molar-refractivity contribution in [1.29, 1.82) is 5.26 Å². The lowest BCUT2D eigenvalue weighted by Crippen LogP contribution is -2.37. The number of benzene rings is 3. The Kier molecular flexibility index (Phi) is 8.43. The SMILES string of the molecule is CC1CCN(S(=O)(=O)c2cccc(-c3nn(-c4ccccc4)cc3C=C(C#N)C(=O)NCc3ccccc3)c2)CC1. The number of carbonyl (C=O) groups is 1. The molecule has 0 aliphatic carbocycles. The topological polar surface area (TPSA) is 108 Å². The van der Waals surface area contributed by atoms with Gasteiger partial charge in [-0.1, -0.05) is 67.6 Å². The van der Waals surface area contributed by atoms with Crippen LogP contribution in [-0.2, 0) is 21.4 Å². The zero-order valence-corrected chi connectivity index (χ0v) is 23.6. The minimum Gasteiger partial charge on any atom is -0.347 e. The van der Waals surface area contributed by atoms with Crippen LogP contribution >= 0.6 is 0 Å². The Morgan fingerprint density at radius 2 is 1.71 bits per heavy atom. The summed E-state index contributed by atoms with van der Waals surface area (Å²) in [5.41, 5.74) is 3.16. The molecule has 1 saturated heterocycles. The lowest BCUT2D eigenvalue weighted by atomic mass is 10.0. The maximum Gasteiger partial charge on any atom is 0.262 e. The van der Waals surface area contributed by atoms with Gasteiger partial charge in [-0.25, -0.2) is 13.1 Å². The first kappa shape index (κ1) is 28.0. The number of nitrogens with zero attached hydrogens (tertiary/aromatic N) is 4. The normalized spacial score (nSPS) is 14.9. The second-order valence-corrected chi connectivity index (χ2v) is 12.1. The summed E-state index contributed by atoms with van der Waals surface area (Å²) in [7, 11) is -3.68. The van der Waals surface area contributed by atoms with Crippen molar-refractivity contribution in [3.05, 3.63) is 108 Å². The first-order valence-electron chi connectivity index (χ1n) is 13.5. The highest BCUT2D eigenvalue weighted by molar-refractivity contribution is 7.89. The summed E-state index contributed by atoms with van der Waals surface area (Å²) in [5.74, 6) is -0.00581. The molecule has 0 radical (unpaired) electrons. The Hall–Kier alpha value is -4.52. The molecule has 2 heterocycles. The number of aromatic nitrogens is 2. The molecular weight excluding hydrogens is 534 g/mol. The van der Waals surface area contributed by atoms with Crippen molar-refractivity contribution < 1.29 is 13.2 Å². The summed E-state index contributed by atoms with van der Waals surface area (Å²) in [4.78, 5) is 13.1. The quantitative estimate of drug-likeness (QED) is 0.234. The van der Waals surface area contributed by atoms with Crippen LogP contribution in [0.2, 0.25) is 0 Å². The highest BCUT2D eigenvalue weighted by Gasteiger charge is 2.28. The highest BCUT2D eigenvalue weighted by Crippen LogP contribution is 2.30. The molecular formula is C32H31N5O3S. The third kappa shape index (κ3) is 6.46. The van der Waals surface area contributed by atoms with E-state index in [4.69, 9.17) is 5.10 Å². The standard InChI is InChI=1S/C32H31N5O3S/c1-24-15-17-36(18-16-24)41(39,40)30-14-8-11-26(20-30)31-28(23-37(35-31)29-12-6-3-7-13-29)19-27(21-33)32(38)34-22-25-9-4-2-5-10-25/h2-14,19-20,23-24H,15-18,22H2,1H3,(H,34,38). The molecule has 0 bridgehead atoms. The van der Waals surface area contributed by atoms with E-state index >= 15 is 0 Å². The largest absolute Gasteiger partial charge is 0.347 e. The number of hydrogen-bond acceptors (Lipinski definition) is 5. The lowest BCUT2D eigenvalue weighted by Gasteiger charge is -2.29. The molecule has 1 aliphatic rings. The van der Waals surface area contributed by atoms with Gasteiger partial charge < -0.3 is 5.32 Å². The molecule has 1 aromatic heterocycles. The van der Waals surface area contributed by atoms with Crippen LogP contribution < -0.4 is 5.32 Å². The van der Waals surface area contributed by atoms with Crippen molar-refractivity contribution in [3.8, 4) is 23.0 Å². The van der Waals surface area contributed by atoms with Crippen LogP contribution in [-0.4, -0.2) is 41.5 Å². The zero-order chi connectivity index (χ0) is 28.8. The van der Waals surface area contributed by atoms with Gasteiger partial charge in [0, 0.05) is 37.0 Å². The molecule has 1 N–H and O–H groups in total. The number of para-hydroxylation sites is 1. The second-order valence-electron chi connectivity index (χ2n) is 10.2. The molecule has 208 valence electrons. The number of carbonyl (C=O) groups excluding carboxylic acids is 1. The van der Waals surface area contributed by atoms with Crippen LogP contribution in [0.1, 0.15) is 30.9 Å². The van der Waals surface area contributed by atoms with E-state index in [0.717, 1.165) is 24.1 Å². The van der Waals surface area contributed by atoms with Crippen molar-refractivity contribution in [1.82, 2.24) is 19.4 Å². The van der Waals surface area contributed by atoms with Gasteiger partial charge in [-0.05, 0) is 54.7 Å². The number of rotatable bonds is 8. The number of nitriles is 1. The number of amides is 1. The molecule has 4 aromatic rings. The fourth-order valence-corrected chi connectivity index (χ4v) is 6.30. The molecule has 41 heavy (non-hydrogen) atoms. The maximum atomic E-state index is 13.5. The number of nitrogens with one attached hydrogen (secondary N) is 1. The van der Waals surface area contributed by atoms with E-state index in [0.29, 0.717) is 35.8 Å². The number of piperidine rings is 1. The van der Waals surface area contributed by atoms with Crippen molar-refractivity contribution in [2.45, 2.75) is 31.2 Å². The Morgan fingerprint density at radius 1 is 1.02 bits per heavy atom. The van der Waals surface area contributed by atoms with Crippen molar-refractivity contribution in [2.75, 3.05) is 13.1 Å². The van der Waals surface area contributed by atoms with Gasteiger partial charge in [0.2, 0.25) is 10.0 Å². The monoisotopic (exact) mass is 565 g/mol. The van der Waals surface area contributed by atoms with Crippen molar-refractivity contribution in [2.24, 2.45) is 5.92 Å². The van der Waals surface area contributed by atoms with E-state index in [2.05, 4.69) is 12.2 Å². The Labute approximate surface area is 240 Å². The molecule has 1 aliphatic heterocycles. The zero-order valence-electron chi connectivity index (χ0n) is 22.8. The van der Waals surface area contributed by atoms with Crippen LogP contribution in [0.25, 0.3) is 23.0 Å². The summed E-state index contributed by atoms with van der Waals surface area (Å²) in [6.07, 6.45) is 4.90. The van der Waals surface area contributed by atoms with Gasteiger partial charge in [0.25, 0.3) is 5.91 Å². The minimum atomic E-state index is -3.68. The van der Waals surface area contributed by atoms with Gasteiger partial charge in [-0.2, -0.15) is 14.7 Å². The van der Waals surface area contributed by atoms with E-state index in [1.165, 1.54) is 6.08 Å². The van der Waals surface area contributed by atoms with Crippen LogP contribution in [0.4, 0.5) is 0 Å². The third-order valence-electron chi connectivity index (χ3n) is 7.21. The lowest BCUT2D eigenvalue weighted by molar-refractivity contribution is -0.117. The van der Waals surface area contributed by atoms with Gasteiger partial charge in [-0.3, -0.25) is 4.79 Å². The molecule has 0 saturated carbocycles. The molecule has 0 atom stereocenters. The van der Waals surface area contributed by atoms with Crippen LogP contribution in [0.3, 0.4) is 0 Å². The first-order valence-corrected chi connectivity index (χ1v) is 15.0. The third-order valence-corrected chi connectivity index (χ3v) is 9.11. The van der Waals surface area contributed by atoms with Crippen molar-refractivity contribution in [3.63, 3.8) is 0 Å². The van der Waals surface area contributed by atoms with E-state index in [1.54, 1.807) is 39.4 Å². The number of sulfonamides is 1. The van der Waals surface area contributed by atoms with Crippen LogP contribution in [0.15, 0.2) is 102 Å². The summed E-state index contributed by atoms with van der Waals surface area (Å²) < 4.78 is 30.2. The smallest absolute Gasteiger partial charge is 0.262 e. The first-order chi connectivity index (χ1) is 19.8. The molecule has 1 fully saturated rings.